The Bertz CT molecular complexity index is 499. The van der Waals surface area contributed by atoms with Gasteiger partial charge in [-0.05, 0) is 31.2 Å². The van der Waals surface area contributed by atoms with Crippen LogP contribution in [-0.4, -0.2) is 10.2 Å². The largest absolute Gasteiger partial charge is 0.435 e. The quantitative estimate of drug-likeness (QED) is 0.859. The van der Waals surface area contributed by atoms with Crippen molar-refractivity contribution >= 4 is 21.6 Å². The molecule has 0 saturated carbocycles. The van der Waals surface area contributed by atoms with Crippen molar-refractivity contribution in [1.29, 1.82) is 0 Å². The molecule has 2 aromatic rings. The van der Waals surface area contributed by atoms with Crippen LogP contribution in [0.15, 0.2) is 34.8 Å². The van der Waals surface area contributed by atoms with Crippen molar-refractivity contribution in [2.45, 2.75) is 6.92 Å². The highest BCUT2D eigenvalue weighted by Crippen LogP contribution is 2.28. The highest BCUT2D eigenvalue weighted by Gasteiger charge is 2.03. The van der Waals surface area contributed by atoms with Crippen LogP contribution >= 0.6 is 15.9 Å². The van der Waals surface area contributed by atoms with Gasteiger partial charge in [0.25, 0.3) is 0 Å². The summed E-state index contributed by atoms with van der Waals surface area (Å²) in [6, 6.07) is 8.99. The van der Waals surface area contributed by atoms with Crippen LogP contribution in [0.1, 0.15) is 5.69 Å². The summed E-state index contributed by atoms with van der Waals surface area (Å²) in [5.74, 6) is 1.00. The molecule has 0 aliphatic heterocycles. The second-order valence-corrected chi connectivity index (χ2v) is 4.21. The molecule has 0 bridgehead atoms. The summed E-state index contributed by atoms with van der Waals surface area (Å²) >= 11 is 3.33. The molecule has 16 heavy (non-hydrogen) atoms. The lowest BCUT2D eigenvalue weighted by Gasteiger charge is -2.07. The molecule has 0 spiro atoms. The van der Waals surface area contributed by atoms with E-state index in [1.54, 1.807) is 18.2 Å². The van der Waals surface area contributed by atoms with Gasteiger partial charge in [0.2, 0.25) is 5.88 Å². The number of hydrogen-bond donors (Lipinski definition) is 1. The Kier molecular flexibility index (Phi) is 3.05. The zero-order chi connectivity index (χ0) is 11.5. The standard InChI is InChI=1S/C11H10BrN3O/c1-7-2-5-11(15-14-7)16-10-4-3-8(12)6-9(10)13/h2-6H,13H2,1H3. The topological polar surface area (TPSA) is 61.0 Å². The van der Waals surface area contributed by atoms with Crippen LogP contribution in [0.2, 0.25) is 0 Å². The van der Waals surface area contributed by atoms with Crippen molar-refractivity contribution < 1.29 is 4.74 Å². The van der Waals surface area contributed by atoms with Crippen molar-refractivity contribution in [1.82, 2.24) is 10.2 Å². The van der Waals surface area contributed by atoms with Gasteiger partial charge in [-0.1, -0.05) is 15.9 Å². The molecular weight excluding hydrogens is 270 g/mol. The van der Waals surface area contributed by atoms with Gasteiger partial charge in [0.05, 0.1) is 11.4 Å². The SMILES string of the molecule is Cc1ccc(Oc2ccc(Br)cc2N)nn1. The van der Waals surface area contributed by atoms with Gasteiger partial charge < -0.3 is 10.5 Å². The number of halogens is 1. The van der Waals surface area contributed by atoms with E-state index in [0.717, 1.165) is 10.2 Å². The number of nitrogens with two attached hydrogens (primary N) is 1. The van der Waals surface area contributed by atoms with Gasteiger partial charge in [-0.15, -0.1) is 5.10 Å². The molecule has 4 nitrogen and oxygen atoms in total. The number of nitrogens with zero attached hydrogens (tertiary/aromatic N) is 2. The van der Waals surface area contributed by atoms with Crippen LogP contribution in [0, 0.1) is 6.92 Å². The number of hydrogen-bond acceptors (Lipinski definition) is 4. The normalized spacial score (nSPS) is 10.1. The molecule has 1 aromatic heterocycles. The summed E-state index contributed by atoms with van der Waals surface area (Å²) in [6.07, 6.45) is 0. The number of anilines is 1. The van der Waals surface area contributed by atoms with Crippen LogP contribution in [0.25, 0.3) is 0 Å². The molecule has 2 rings (SSSR count). The lowest BCUT2D eigenvalue weighted by molar-refractivity contribution is 0.456. The number of nitrogen functional groups attached to an aromatic ring is 1. The van der Waals surface area contributed by atoms with Gasteiger partial charge in [-0.25, -0.2) is 0 Å². The number of benzene rings is 1. The number of rotatable bonds is 2. The molecule has 82 valence electrons. The van der Waals surface area contributed by atoms with Gasteiger partial charge in [-0.2, -0.15) is 5.10 Å². The van der Waals surface area contributed by atoms with E-state index in [9.17, 15) is 0 Å². The Morgan fingerprint density at radius 2 is 2.00 bits per heavy atom. The van der Waals surface area contributed by atoms with Crippen LogP contribution in [0.4, 0.5) is 5.69 Å². The summed E-state index contributed by atoms with van der Waals surface area (Å²) in [5, 5.41) is 7.80. The van der Waals surface area contributed by atoms with Gasteiger partial charge in [0.1, 0.15) is 0 Å². The van der Waals surface area contributed by atoms with Crippen molar-refractivity contribution in [3.8, 4) is 11.6 Å². The summed E-state index contributed by atoms with van der Waals surface area (Å²) in [5.41, 5.74) is 7.19. The van der Waals surface area contributed by atoms with Crippen molar-refractivity contribution in [2.24, 2.45) is 0 Å². The molecule has 0 aliphatic rings. The smallest absolute Gasteiger partial charge is 0.238 e. The molecule has 0 saturated heterocycles. The van der Waals surface area contributed by atoms with Gasteiger partial charge >= 0.3 is 0 Å². The zero-order valence-corrected chi connectivity index (χ0v) is 10.2. The van der Waals surface area contributed by atoms with E-state index in [1.165, 1.54) is 0 Å². The predicted molar refractivity (Wildman–Crippen MR) is 65.4 cm³/mol. The Labute approximate surface area is 102 Å². The molecular formula is C11H10BrN3O. The summed E-state index contributed by atoms with van der Waals surface area (Å²) in [4.78, 5) is 0. The molecule has 1 heterocycles. The number of aromatic nitrogens is 2. The first-order valence-electron chi connectivity index (χ1n) is 4.68. The second kappa shape index (κ2) is 4.49. The highest BCUT2D eigenvalue weighted by molar-refractivity contribution is 9.10. The van der Waals surface area contributed by atoms with E-state index in [-0.39, 0.29) is 0 Å². The fourth-order valence-corrected chi connectivity index (χ4v) is 1.54. The van der Waals surface area contributed by atoms with E-state index < -0.39 is 0 Å². The molecule has 0 amide bonds. The minimum atomic E-state index is 0.430. The Morgan fingerprint density at radius 1 is 1.19 bits per heavy atom. The molecule has 2 N–H and O–H groups in total. The monoisotopic (exact) mass is 279 g/mol. The van der Waals surface area contributed by atoms with Crippen molar-refractivity contribution in [2.75, 3.05) is 5.73 Å². The Morgan fingerprint density at radius 3 is 2.62 bits per heavy atom. The third-order valence-corrected chi connectivity index (χ3v) is 2.45. The maximum Gasteiger partial charge on any atom is 0.238 e. The molecule has 0 unspecified atom stereocenters. The molecule has 0 aliphatic carbocycles. The van der Waals surface area contributed by atoms with Gasteiger partial charge in [0.15, 0.2) is 5.75 Å². The molecule has 1 aromatic carbocycles. The molecule has 0 fully saturated rings. The van der Waals surface area contributed by atoms with Crippen LogP contribution < -0.4 is 10.5 Å². The zero-order valence-electron chi connectivity index (χ0n) is 8.64. The number of aryl methyl sites for hydroxylation is 1. The average molecular weight is 280 g/mol. The Balaban J connectivity index is 2.23. The van der Waals surface area contributed by atoms with Crippen molar-refractivity contribution in [3.05, 3.63) is 40.5 Å². The third-order valence-electron chi connectivity index (χ3n) is 1.96. The lowest BCUT2D eigenvalue weighted by Crippen LogP contribution is -1.95. The van der Waals surface area contributed by atoms with E-state index in [2.05, 4.69) is 26.1 Å². The minimum absolute atomic E-state index is 0.430. The summed E-state index contributed by atoms with van der Waals surface area (Å²) in [6.45, 7) is 1.87. The average Bonchev–Trinajstić information content (AvgIpc) is 2.25. The maximum absolute atomic E-state index is 5.80. The van der Waals surface area contributed by atoms with Crippen LogP contribution in [0.3, 0.4) is 0 Å². The van der Waals surface area contributed by atoms with Crippen molar-refractivity contribution in [3.63, 3.8) is 0 Å². The molecule has 0 atom stereocenters. The van der Waals surface area contributed by atoms with Gasteiger partial charge in [-0.3, -0.25) is 0 Å². The lowest BCUT2D eigenvalue weighted by atomic mass is 10.3. The first-order valence-corrected chi connectivity index (χ1v) is 5.47. The fourth-order valence-electron chi connectivity index (χ4n) is 1.17. The molecule has 5 heteroatoms. The first-order chi connectivity index (χ1) is 7.65. The highest BCUT2D eigenvalue weighted by atomic mass is 79.9. The van der Waals surface area contributed by atoms with E-state index in [4.69, 9.17) is 10.5 Å². The Hall–Kier alpha value is -1.62. The van der Waals surface area contributed by atoms with E-state index in [1.807, 2.05) is 19.1 Å². The number of ether oxygens (including phenoxy) is 1. The maximum atomic E-state index is 5.80. The predicted octanol–water partition coefficient (Wildman–Crippen LogP) is 2.92. The second-order valence-electron chi connectivity index (χ2n) is 3.30. The van der Waals surface area contributed by atoms with Crippen LogP contribution in [0.5, 0.6) is 11.6 Å². The fraction of sp³-hybridized carbons (Fsp3) is 0.0909. The van der Waals surface area contributed by atoms with Gasteiger partial charge in [0, 0.05) is 10.5 Å². The first kappa shape index (κ1) is 10.9. The third kappa shape index (κ3) is 2.49. The molecule has 0 radical (unpaired) electrons. The minimum Gasteiger partial charge on any atom is -0.435 e. The van der Waals surface area contributed by atoms with E-state index >= 15 is 0 Å². The summed E-state index contributed by atoms with van der Waals surface area (Å²) in [7, 11) is 0. The summed E-state index contributed by atoms with van der Waals surface area (Å²) < 4.78 is 6.41. The van der Waals surface area contributed by atoms with Crippen LogP contribution in [-0.2, 0) is 0 Å². The van der Waals surface area contributed by atoms with E-state index in [0.29, 0.717) is 17.3 Å².